The van der Waals surface area contributed by atoms with E-state index in [2.05, 4.69) is 17.9 Å². The molecule has 1 aliphatic heterocycles. The van der Waals surface area contributed by atoms with Crippen molar-refractivity contribution in [3.63, 3.8) is 0 Å². The van der Waals surface area contributed by atoms with Crippen LogP contribution in [0.4, 0.5) is 0 Å². The minimum Gasteiger partial charge on any atom is -0.384 e. The molecule has 0 bridgehead atoms. The Morgan fingerprint density at radius 3 is 2.62 bits per heavy atom. The molecule has 16 heavy (non-hydrogen) atoms. The fraction of sp³-hybridized carbons (Fsp3) is 0.462. The number of nitrogen functional groups attached to an aromatic ring is 1. The lowest BCUT2D eigenvalue weighted by Crippen LogP contribution is -2.19. The van der Waals surface area contributed by atoms with Gasteiger partial charge in [-0.25, -0.2) is 0 Å². The molecule has 1 saturated heterocycles. The van der Waals surface area contributed by atoms with Crippen molar-refractivity contribution < 1.29 is 0 Å². The van der Waals surface area contributed by atoms with Crippen molar-refractivity contribution in [3.8, 4) is 0 Å². The van der Waals surface area contributed by atoms with Crippen LogP contribution in [0.1, 0.15) is 29.5 Å². The van der Waals surface area contributed by atoms with Gasteiger partial charge >= 0.3 is 0 Å². The molecule has 0 radical (unpaired) electrons. The highest BCUT2D eigenvalue weighted by atomic mass is 15.1. The Kier molecular flexibility index (Phi) is 3.25. The van der Waals surface area contributed by atoms with E-state index in [0.717, 1.165) is 12.1 Å². The summed E-state index contributed by atoms with van der Waals surface area (Å²) in [6, 6.07) is 6.05. The van der Waals surface area contributed by atoms with E-state index >= 15 is 0 Å². The van der Waals surface area contributed by atoms with E-state index in [4.69, 9.17) is 11.1 Å². The van der Waals surface area contributed by atoms with Crippen LogP contribution in [0.25, 0.3) is 0 Å². The highest BCUT2D eigenvalue weighted by Gasteiger charge is 2.12. The van der Waals surface area contributed by atoms with Crippen molar-refractivity contribution in [2.75, 3.05) is 13.1 Å². The smallest absolute Gasteiger partial charge is 0.122 e. The van der Waals surface area contributed by atoms with E-state index in [1.807, 2.05) is 12.1 Å². The van der Waals surface area contributed by atoms with E-state index in [-0.39, 0.29) is 5.84 Å². The van der Waals surface area contributed by atoms with Crippen LogP contribution in [0.15, 0.2) is 18.2 Å². The molecule has 1 aliphatic rings. The summed E-state index contributed by atoms with van der Waals surface area (Å²) in [7, 11) is 0. The summed E-state index contributed by atoms with van der Waals surface area (Å²) < 4.78 is 0. The van der Waals surface area contributed by atoms with E-state index in [9.17, 15) is 0 Å². The number of aryl methyl sites for hydroxylation is 1. The fourth-order valence-corrected chi connectivity index (χ4v) is 2.22. The maximum Gasteiger partial charge on any atom is 0.122 e. The highest BCUT2D eigenvalue weighted by Crippen LogP contribution is 2.16. The first-order valence-corrected chi connectivity index (χ1v) is 5.83. The average Bonchev–Trinajstić information content (AvgIpc) is 2.73. The predicted octanol–water partition coefficient (Wildman–Crippen LogP) is 1.87. The summed E-state index contributed by atoms with van der Waals surface area (Å²) in [5, 5.41) is 7.39. The second-order valence-corrected chi connectivity index (χ2v) is 4.54. The number of nitrogens with two attached hydrogens (primary N) is 1. The van der Waals surface area contributed by atoms with Crippen molar-refractivity contribution in [3.05, 3.63) is 34.9 Å². The minimum atomic E-state index is 0.149. The van der Waals surface area contributed by atoms with Crippen LogP contribution in [0, 0.1) is 12.3 Å². The number of hydrogen-bond acceptors (Lipinski definition) is 2. The van der Waals surface area contributed by atoms with E-state index in [0.29, 0.717) is 0 Å². The average molecular weight is 217 g/mol. The molecule has 3 heteroatoms. The standard InChI is InChI=1S/C13H19N3/c1-10-8-11(13(14)15)4-5-12(10)9-16-6-2-3-7-16/h4-5,8H,2-3,6-7,9H2,1H3,(H3,14,15). The molecule has 1 fully saturated rings. The minimum absolute atomic E-state index is 0.149. The van der Waals surface area contributed by atoms with Crippen LogP contribution < -0.4 is 5.73 Å². The van der Waals surface area contributed by atoms with Crippen LogP contribution >= 0.6 is 0 Å². The monoisotopic (exact) mass is 217 g/mol. The van der Waals surface area contributed by atoms with E-state index in [1.165, 1.54) is 37.1 Å². The van der Waals surface area contributed by atoms with Gasteiger partial charge in [0.15, 0.2) is 0 Å². The van der Waals surface area contributed by atoms with Gasteiger partial charge in [0.2, 0.25) is 0 Å². The summed E-state index contributed by atoms with van der Waals surface area (Å²) in [6.07, 6.45) is 2.65. The SMILES string of the molecule is Cc1cc(C(=N)N)ccc1CN1CCCC1. The number of likely N-dealkylation sites (tertiary alicyclic amines) is 1. The number of benzene rings is 1. The molecule has 0 saturated carbocycles. The number of nitrogens with one attached hydrogen (secondary N) is 1. The first-order valence-electron chi connectivity index (χ1n) is 5.83. The molecule has 2 rings (SSSR count). The molecule has 0 spiro atoms. The molecule has 0 atom stereocenters. The molecule has 3 N–H and O–H groups in total. The molecular formula is C13H19N3. The molecular weight excluding hydrogens is 198 g/mol. The van der Waals surface area contributed by atoms with E-state index < -0.39 is 0 Å². The van der Waals surface area contributed by atoms with Crippen LogP contribution in [-0.2, 0) is 6.54 Å². The molecule has 86 valence electrons. The summed E-state index contributed by atoms with van der Waals surface area (Å²) in [6.45, 7) is 5.56. The third-order valence-corrected chi connectivity index (χ3v) is 3.25. The number of nitrogens with zero attached hydrogens (tertiary/aromatic N) is 1. The molecule has 0 aliphatic carbocycles. The van der Waals surface area contributed by atoms with Crippen molar-refractivity contribution in [1.29, 1.82) is 5.41 Å². The normalized spacial score (nSPS) is 16.6. The predicted molar refractivity (Wildman–Crippen MR) is 66.7 cm³/mol. The van der Waals surface area contributed by atoms with Gasteiger partial charge in [-0.1, -0.05) is 12.1 Å². The van der Waals surface area contributed by atoms with Gasteiger partial charge in [0.25, 0.3) is 0 Å². The zero-order chi connectivity index (χ0) is 11.5. The van der Waals surface area contributed by atoms with Gasteiger partial charge in [-0.05, 0) is 50.0 Å². The topological polar surface area (TPSA) is 53.1 Å². The van der Waals surface area contributed by atoms with Crippen LogP contribution in [0.5, 0.6) is 0 Å². The Bertz CT molecular complexity index is 392. The van der Waals surface area contributed by atoms with Crippen molar-refractivity contribution in [2.45, 2.75) is 26.3 Å². The molecule has 1 aromatic rings. The summed E-state index contributed by atoms with van der Waals surface area (Å²) >= 11 is 0. The quantitative estimate of drug-likeness (QED) is 0.600. The Hall–Kier alpha value is -1.35. The third-order valence-electron chi connectivity index (χ3n) is 3.25. The second kappa shape index (κ2) is 4.66. The first kappa shape index (κ1) is 11.1. The molecule has 1 aromatic carbocycles. The Morgan fingerprint density at radius 1 is 1.38 bits per heavy atom. The molecule has 3 nitrogen and oxygen atoms in total. The lowest BCUT2D eigenvalue weighted by atomic mass is 10.0. The highest BCUT2D eigenvalue weighted by molar-refractivity contribution is 5.95. The Morgan fingerprint density at radius 2 is 2.06 bits per heavy atom. The Balaban J connectivity index is 2.12. The number of amidine groups is 1. The van der Waals surface area contributed by atoms with Gasteiger partial charge in [0, 0.05) is 12.1 Å². The lowest BCUT2D eigenvalue weighted by Gasteiger charge is -2.16. The number of rotatable bonds is 3. The third kappa shape index (κ3) is 2.42. The summed E-state index contributed by atoms with van der Waals surface area (Å²) in [5.74, 6) is 0.149. The number of hydrogen-bond donors (Lipinski definition) is 2. The van der Waals surface area contributed by atoms with Crippen LogP contribution in [-0.4, -0.2) is 23.8 Å². The second-order valence-electron chi connectivity index (χ2n) is 4.54. The lowest BCUT2D eigenvalue weighted by molar-refractivity contribution is 0.331. The zero-order valence-electron chi connectivity index (χ0n) is 9.79. The van der Waals surface area contributed by atoms with Gasteiger partial charge in [-0.2, -0.15) is 0 Å². The first-order chi connectivity index (χ1) is 7.66. The van der Waals surface area contributed by atoms with Crippen molar-refractivity contribution in [2.24, 2.45) is 5.73 Å². The molecule has 0 aromatic heterocycles. The maximum absolute atomic E-state index is 7.39. The van der Waals surface area contributed by atoms with Crippen LogP contribution in [0.3, 0.4) is 0 Å². The van der Waals surface area contributed by atoms with Gasteiger partial charge in [-0.3, -0.25) is 10.3 Å². The summed E-state index contributed by atoms with van der Waals surface area (Å²) in [4.78, 5) is 2.48. The zero-order valence-corrected chi connectivity index (χ0v) is 9.79. The molecule has 0 amide bonds. The molecule has 1 heterocycles. The van der Waals surface area contributed by atoms with Gasteiger partial charge < -0.3 is 5.73 Å². The van der Waals surface area contributed by atoms with Crippen molar-refractivity contribution >= 4 is 5.84 Å². The fourth-order valence-electron chi connectivity index (χ4n) is 2.22. The molecule has 0 unspecified atom stereocenters. The Labute approximate surface area is 96.8 Å². The van der Waals surface area contributed by atoms with Gasteiger partial charge in [0.05, 0.1) is 0 Å². The van der Waals surface area contributed by atoms with Gasteiger partial charge in [-0.15, -0.1) is 0 Å². The maximum atomic E-state index is 7.39. The summed E-state index contributed by atoms with van der Waals surface area (Å²) in [5.41, 5.74) is 8.88. The van der Waals surface area contributed by atoms with Crippen LogP contribution in [0.2, 0.25) is 0 Å². The van der Waals surface area contributed by atoms with Gasteiger partial charge in [0.1, 0.15) is 5.84 Å². The van der Waals surface area contributed by atoms with E-state index in [1.54, 1.807) is 0 Å². The largest absolute Gasteiger partial charge is 0.384 e. The van der Waals surface area contributed by atoms with Crippen molar-refractivity contribution in [1.82, 2.24) is 4.90 Å².